The van der Waals surface area contributed by atoms with Gasteiger partial charge < -0.3 is 15.5 Å². The normalized spacial score (nSPS) is 11.7. The number of rotatable bonds is 6. The van der Waals surface area contributed by atoms with Crippen molar-refractivity contribution < 1.29 is 0 Å². The first-order chi connectivity index (χ1) is 11.8. The molecule has 0 atom stereocenters. The van der Waals surface area contributed by atoms with E-state index in [1.165, 1.54) is 5.56 Å². The molecule has 0 aliphatic heterocycles. The Kier molecular flexibility index (Phi) is 9.32. The molecule has 8 heteroatoms. The quantitative estimate of drug-likeness (QED) is 0.320. The Morgan fingerprint density at radius 2 is 1.96 bits per heavy atom. The third kappa shape index (κ3) is 6.38. The topological polar surface area (TPSA) is 52.6 Å². The molecule has 1 heterocycles. The maximum Gasteiger partial charge on any atom is 0.191 e. The molecule has 0 bridgehead atoms. The fourth-order valence-electron chi connectivity index (χ4n) is 2.39. The van der Waals surface area contributed by atoms with Gasteiger partial charge in [-0.05, 0) is 11.6 Å². The molecule has 144 valence electrons. The van der Waals surface area contributed by atoms with Crippen LogP contribution in [0.5, 0.6) is 0 Å². The number of thiazole rings is 1. The number of halogens is 2. The summed E-state index contributed by atoms with van der Waals surface area (Å²) in [5, 5.41) is 9.83. The fraction of sp³-hybridized carbons (Fsp3) is 0.444. The Morgan fingerprint density at radius 1 is 1.27 bits per heavy atom. The number of hydrogen-bond acceptors (Lipinski definition) is 4. The number of aliphatic imine (C=N–C) groups is 1. The van der Waals surface area contributed by atoms with Crippen LogP contribution in [0.2, 0.25) is 0 Å². The van der Waals surface area contributed by atoms with Gasteiger partial charge in [0.05, 0.1) is 12.2 Å². The van der Waals surface area contributed by atoms with Crippen LogP contribution in [0.1, 0.15) is 25.1 Å². The molecule has 5 nitrogen and oxygen atoms in total. The Bertz CT molecular complexity index is 730. The highest BCUT2D eigenvalue weighted by Crippen LogP contribution is 2.29. The number of anilines is 1. The number of nitrogens with one attached hydrogen (secondary N) is 2. The van der Waals surface area contributed by atoms with Gasteiger partial charge in [0.1, 0.15) is 0 Å². The average Bonchev–Trinajstić information content (AvgIpc) is 3.04. The van der Waals surface area contributed by atoms with Crippen molar-refractivity contribution in [2.24, 2.45) is 4.99 Å². The highest BCUT2D eigenvalue weighted by atomic mass is 127. The number of guanidine groups is 1. The van der Waals surface area contributed by atoms with E-state index in [9.17, 15) is 0 Å². The molecule has 1 aromatic heterocycles. The van der Waals surface area contributed by atoms with Crippen molar-refractivity contribution in [3.63, 3.8) is 0 Å². The highest BCUT2D eigenvalue weighted by Gasteiger charge is 2.23. The molecule has 0 aliphatic rings. The van der Waals surface area contributed by atoms with E-state index in [1.807, 2.05) is 25.1 Å². The molecular weight excluding hydrogens is 525 g/mol. The monoisotopic (exact) mass is 551 g/mol. The van der Waals surface area contributed by atoms with Crippen LogP contribution in [-0.2, 0) is 12.0 Å². The maximum atomic E-state index is 4.58. The summed E-state index contributed by atoms with van der Waals surface area (Å²) in [6.45, 7) is 5.86. The summed E-state index contributed by atoms with van der Waals surface area (Å²) in [4.78, 5) is 10.9. The predicted molar refractivity (Wildman–Crippen MR) is 127 cm³/mol. The molecule has 0 spiro atoms. The van der Waals surface area contributed by atoms with Gasteiger partial charge in [-0.25, -0.2) is 4.98 Å². The van der Waals surface area contributed by atoms with Crippen LogP contribution >= 0.6 is 51.2 Å². The zero-order valence-corrected chi connectivity index (χ0v) is 20.6. The van der Waals surface area contributed by atoms with Gasteiger partial charge in [-0.1, -0.05) is 48.0 Å². The molecule has 0 saturated carbocycles. The molecule has 0 unspecified atom stereocenters. The van der Waals surface area contributed by atoms with E-state index >= 15 is 0 Å². The first kappa shape index (κ1) is 23.2. The van der Waals surface area contributed by atoms with Gasteiger partial charge in [-0.2, -0.15) is 0 Å². The minimum absolute atomic E-state index is 0. The first-order valence-electron chi connectivity index (χ1n) is 8.15. The van der Waals surface area contributed by atoms with Crippen molar-refractivity contribution in [3.8, 4) is 0 Å². The molecule has 0 aliphatic carbocycles. The van der Waals surface area contributed by atoms with Crippen LogP contribution in [0.25, 0.3) is 0 Å². The molecule has 0 amide bonds. The zero-order chi connectivity index (χ0) is 18.4. The molecule has 2 rings (SSSR count). The lowest BCUT2D eigenvalue weighted by Gasteiger charge is -2.27. The second kappa shape index (κ2) is 10.5. The number of hydrogen-bond donors (Lipinski definition) is 2. The van der Waals surface area contributed by atoms with Gasteiger partial charge in [-0.3, -0.25) is 4.99 Å². The predicted octanol–water partition coefficient (Wildman–Crippen LogP) is 4.23. The number of nitrogens with zero attached hydrogens (tertiary/aromatic N) is 3. The van der Waals surface area contributed by atoms with Crippen LogP contribution in [0.4, 0.5) is 5.13 Å². The summed E-state index contributed by atoms with van der Waals surface area (Å²) in [5.74, 6) is 0.777. The lowest BCUT2D eigenvalue weighted by molar-refractivity contribution is 0.506. The van der Waals surface area contributed by atoms with Gasteiger partial charge in [-0.15, -0.1) is 35.3 Å². The summed E-state index contributed by atoms with van der Waals surface area (Å²) in [6.07, 6.45) is 0. The van der Waals surface area contributed by atoms with Gasteiger partial charge in [0.2, 0.25) is 0 Å². The molecule has 0 fully saturated rings. The lowest BCUT2D eigenvalue weighted by Crippen LogP contribution is -2.43. The van der Waals surface area contributed by atoms with Crippen molar-refractivity contribution in [2.75, 3.05) is 32.6 Å². The van der Waals surface area contributed by atoms with Gasteiger partial charge in [0.25, 0.3) is 0 Å². The maximum absolute atomic E-state index is 4.58. The molecule has 1 aromatic carbocycles. The lowest BCUT2D eigenvalue weighted by atomic mass is 9.84. The number of benzene rings is 1. The molecule has 26 heavy (non-hydrogen) atoms. The van der Waals surface area contributed by atoms with Crippen molar-refractivity contribution in [3.05, 3.63) is 45.4 Å². The second-order valence-electron chi connectivity index (χ2n) is 6.66. The smallest absolute Gasteiger partial charge is 0.191 e. The molecule has 0 radical (unpaired) electrons. The Labute approximate surface area is 185 Å². The average molecular weight is 552 g/mol. The standard InChI is InChI=1S/C18H26BrN5S.HI/c1-18(2,14-8-6-7-9-15(14)19)12-22-16(20-3)21-10-13-11-25-17(23-13)24(4)5;/h6-9,11H,10,12H2,1-5H3,(H2,20,21,22);1H. The summed E-state index contributed by atoms with van der Waals surface area (Å²) in [7, 11) is 5.79. The van der Waals surface area contributed by atoms with E-state index in [0.29, 0.717) is 6.54 Å². The minimum Gasteiger partial charge on any atom is -0.356 e. The van der Waals surface area contributed by atoms with Crippen LogP contribution < -0.4 is 15.5 Å². The third-order valence-corrected chi connectivity index (χ3v) is 5.63. The zero-order valence-electron chi connectivity index (χ0n) is 15.8. The van der Waals surface area contributed by atoms with E-state index < -0.39 is 0 Å². The molecule has 2 aromatic rings. The highest BCUT2D eigenvalue weighted by molar-refractivity contribution is 14.0. The van der Waals surface area contributed by atoms with E-state index in [4.69, 9.17) is 0 Å². The number of aromatic nitrogens is 1. The van der Waals surface area contributed by atoms with Crippen LogP contribution in [0.3, 0.4) is 0 Å². The van der Waals surface area contributed by atoms with E-state index in [1.54, 1.807) is 18.4 Å². The Balaban J connectivity index is 0.00000338. The second-order valence-corrected chi connectivity index (χ2v) is 8.35. The van der Waals surface area contributed by atoms with E-state index in [0.717, 1.165) is 27.8 Å². The molecule has 0 saturated heterocycles. The Morgan fingerprint density at radius 3 is 2.54 bits per heavy atom. The summed E-state index contributed by atoms with van der Waals surface area (Å²) in [5.41, 5.74) is 2.26. The summed E-state index contributed by atoms with van der Waals surface area (Å²) in [6, 6.07) is 8.33. The SMILES string of the molecule is CN=C(NCc1csc(N(C)C)n1)NCC(C)(C)c1ccccc1Br.I. The summed E-state index contributed by atoms with van der Waals surface area (Å²) < 4.78 is 1.13. The molecule has 2 N–H and O–H groups in total. The van der Waals surface area contributed by atoms with Crippen molar-refractivity contribution >= 4 is 62.3 Å². The third-order valence-electron chi connectivity index (χ3n) is 3.88. The van der Waals surface area contributed by atoms with Crippen molar-refractivity contribution in [1.82, 2.24) is 15.6 Å². The van der Waals surface area contributed by atoms with Gasteiger partial charge in [0.15, 0.2) is 11.1 Å². The Hall–Kier alpha value is -0.870. The molecular formula is C18H27BrIN5S. The van der Waals surface area contributed by atoms with Crippen molar-refractivity contribution in [2.45, 2.75) is 25.8 Å². The van der Waals surface area contributed by atoms with Crippen molar-refractivity contribution in [1.29, 1.82) is 0 Å². The van der Waals surface area contributed by atoms with E-state index in [2.05, 4.69) is 74.0 Å². The summed E-state index contributed by atoms with van der Waals surface area (Å²) >= 11 is 5.29. The van der Waals surface area contributed by atoms with Gasteiger partial charge in [0, 0.05) is 43.0 Å². The van der Waals surface area contributed by atoms with Crippen LogP contribution in [-0.4, -0.2) is 38.6 Å². The van der Waals surface area contributed by atoms with Gasteiger partial charge >= 0.3 is 0 Å². The van der Waals surface area contributed by atoms with E-state index in [-0.39, 0.29) is 29.4 Å². The minimum atomic E-state index is -0.0313. The fourth-order valence-corrected chi connectivity index (χ4v) is 3.97. The van der Waals surface area contributed by atoms with Crippen LogP contribution in [0, 0.1) is 0 Å². The van der Waals surface area contributed by atoms with Crippen LogP contribution in [0.15, 0.2) is 39.1 Å². The first-order valence-corrected chi connectivity index (χ1v) is 9.82. The largest absolute Gasteiger partial charge is 0.356 e.